The Morgan fingerprint density at radius 1 is 1.32 bits per heavy atom. The lowest BCUT2D eigenvalue weighted by molar-refractivity contribution is -0.116. The summed E-state index contributed by atoms with van der Waals surface area (Å²) in [6, 6.07) is 5.58. The minimum absolute atomic E-state index is 0.0737. The van der Waals surface area contributed by atoms with Crippen LogP contribution in [0.1, 0.15) is 36.6 Å². The second-order valence-corrected chi connectivity index (χ2v) is 7.33. The number of carbonyl (C=O) groups is 1. The summed E-state index contributed by atoms with van der Waals surface area (Å²) in [5.41, 5.74) is 4.63. The Labute approximate surface area is 165 Å². The lowest BCUT2D eigenvalue weighted by atomic mass is 9.88. The molecule has 0 radical (unpaired) electrons. The van der Waals surface area contributed by atoms with E-state index in [-0.39, 0.29) is 5.78 Å². The maximum absolute atomic E-state index is 12.6. The number of hydrogen-bond acceptors (Lipinski definition) is 7. The number of Topliss-reactive ketones (excluding diaryl/α,β-unsaturated/α-hetero) is 1. The van der Waals surface area contributed by atoms with Gasteiger partial charge in [-0.15, -0.1) is 0 Å². The molecule has 28 heavy (non-hydrogen) atoms. The molecule has 1 aliphatic carbocycles. The van der Waals surface area contributed by atoms with E-state index in [1.165, 1.54) is 6.20 Å². The molecule has 9 heteroatoms. The molecular formula is C19H17ClN6O2. The highest BCUT2D eigenvalue weighted by atomic mass is 35.5. The van der Waals surface area contributed by atoms with E-state index in [9.17, 15) is 4.79 Å². The standard InChI is InChI=1S/C19H17ClN6O2/c1-9-5-6-14-12(7-9)23-19(28-14)25-18-22-11-3-2-4-13(27)15(11)17(24-18)16-10(20)8-21-26-16/h5-8,17H,2-4H2,1H3,(H,21,26)(H2,22,23,24,25). The van der Waals surface area contributed by atoms with Gasteiger partial charge in [0.05, 0.1) is 16.9 Å². The van der Waals surface area contributed by atoms with Crippen LogP contribution >= 0.6 is 11.6 Å². The average molecular weight is 397 g/mol. The third-order valence-corrected chi connectivity index (χ3v) is 5.22. The zero-order chi connectivity index (χ0) is 19.3. The lowest BCUT2D eigenvalue weighted by Crippen LogP contribution is -2.38. The summed E-state index contributed by atoms with van der Waals surface area (Å²) >= 11 is 6.26. The topological polar surface area (TPSA) is 108 Å². The van der Waals surface area contributed by atoms with E-state index in [4.69, 9.17) is 16.0 Å². The van der Waals surface area contributed by atoms with Gasteiger partial charge in [0.15, 0.2) is 11.4 Å². The number of allylic oxidation sites excluding steroid dienone is 1. The van der Waals surface area contributed by atoms with E-state index in [1.54, 1.807) is 0 Å². The minimum Gasteiger partial charge on any atom is -0.423 e. The van der Waals surface area contributed by atoms with Gasteiger partial charge >= 0.3 is 6.01 Å². The predicted molar refractivity (Wildman–Crippen MR) is 105 cm³/mol. The SMILES string of the molecule is Cc1ccc2oc(NC3=NC(c4[nH]ncc4Cl)C4=C(CCCC4=O)N3)nc2c1. The van der Waals surface area contributed by atoms with Crippen LogP contribution in [-0.4, -0.2) is 26.9 Å². The number of aromatic nitrogens is 3. The first-order valence-corrected chi connectivity index (χ1v) is 9.40. The number of halogens is 1. The number of anilines is 1. The van der Waals surface area contributed by atoms with Crippen molar-refractivity contribution in [3.05, 3.63) is 51.9 Å². The Kier molecular flexibility index (Phi) is 3.94. The molecule has 1 aromatic carbocycles. The largest absolute Gasteiger partial charge is 0.423 e. The van der Waals surface area contributed by atoms with Gasteiger partial charge in [-0.2, -0.15) is 10.1 Å². The van der Waals surface area contributed by atoms with Gasteiger partial charge in [0.2, 0.25) is 5.96 Å². The molecule has 2 aliphatic rings. The van der Waals surface area contributed by atoms with Gasteiger partial charge in [0, 0.05) is 17.7 Å². The quantitative estimate of drug-likeness (QED) is 0.610. The van der Waals surface area contributed by atoms with Crippen molar-refractivity contribution in [2.45, 2.75) is 32.2 Å². The lowest BCUT2D eigenvalue weighted by Gasteiger charge is -2.29. The maximum Gasteiger partial charge on any atom is 0.302 e. The Morgan fingerprint density at radius 2 is 2.21 bits per heavy atom. The molecule has 3 aromatic rings. The number of fused-ring (bicyclic) bond motifs is 1. The summed E-state index contributed by atoms with van der Waals surface area (Å²) in [4.78, 5) is 21.7. The van der Waals surface area contributed by atoms with Crippen molar-refractivity contribution in [1.29, 1.82) is 0 Å². The van der Waals surface area contributed by atoms with Crippen LogP contribution in [0.5, 0.6) is 0 Å². The van der Waals surface area contributed by atoms with E-state index in [0.29, 0.717) is 40.3 Å². The monoisotopic (exact) mass is 396 g/mol. The van der Waals surface area contributed by atoms with Crippen molar-refractivity contribution in [3.63, 3.8) is 0 Å². The molecule has 3 heterocycles. The van der Waals surface area contributed by atoms with Crippen molar-refractivity contribution in [3.8, 4) is 0 Å². The zero-order valence-electron chi connectivity index (χ0n) is 15.0. The first-order valence-electron chi connectivity index (χ1n) is 9.02. The average Bonchev–Trinajstić information content (AvgIpc) is 3.26. The molecule has 1 atom stereocenters. The van der Waals surface area contributed by atoms with E-state index in [2.05, 4.69) is 30.8 Å². The smallest absolute Gasteiger partial charge is 0.302 e. The van der Waals surface area contributed by atoms with Crippen molar-refractivity contribution >= 4 is 40.5 Å². The minimum atomic E-state index is -0.548. The highest BCUT2D eigenvalue weighted by Gasteiger charge is 2.34. The van der Waals surface area contributed by atoms with Crippen LogP contribution in [0.15, 0.2) is 45.1 Å². The predicted octanol–water partition coefficient (Wildman–Crippen LogP) is 3.63. The van der Waals surface area contributed by atoms with Gasteiger partial charge in [-0.1, -0.05) is 17.7 Å². The number of nitrogens with zero attached hydrogens (tertiary/aromatic N) is 3. The number of aliphatic imine (C=N–C) groups is 1. The first kappa shape index (κ1) is 17.0. The molecule has 0 amide bonds. The summed E-state index contributed by atoms with van der Waals surface area (Å²) in [6.45, 7) is 2.00. The van der Waals surface area contributed by atoms with Gasteiger partial charge in [-0.3, -0.25) is 15.2 Å². The van der Waals surface area contributed by atoms with Crippen LogP contribution in [0, 0.1) is 6.92 Å². The highest BCUT2D eigenvalue weighted by molar-refractivity contribution is 6.31. The highest BCUT2D eigenvalue weighted by Crippen LogP contribution is 2.37. The van der Waals surface area contributed by atoms with Crippen LogP contribution in [0.4, 0.5) is 6.01 Å². The summed E-state index contributed by atoms with van der Waals surface area (Å²) in [5, 5.41) is 13.6. The van der Waals surface area contributed by atoms with E-state index >= 15 is 0 Å². The Morgan fingerprint density at radius 3 is 3.04 bits per heavy atom. The number of guanidine groups is 1. The van der Waals surface area contributed by atoms with Gasteiger partial charge in [-0.05, 0) is 37.5 Å². The molecule has 0 saturated carbocycles. The number of oxazole rings is 1. The maximum atomic E-state index is 12.6. The Hall–Kier alpha value is -3.13. The van der Waals surface area contributed by atoms with E-state index in [0.717, 1.165) is 29.6 Å². The number of H-pyrrole nitrogens is 1. The van der Waals surface area contributed by atoms with Gasteiger partial charge in [-0.25, -0.2) is 4.99 Å². The molecule has 1 aliphatic heterocycles. The number of ketones is 1. The van der Waals surface area contributed by atoms with Gasteiger partial charge in [0.25, 0.3) is 0 Å². The van der Waals surface area contributed by atoms with E-state index < -0.39 is 6.04 Å². The van der Waals surface area contributed by atoms with Crippen molar-refractivity contribution < 1.29 is 9.21 Å². The molecule has 8 nitrogen and oxygen atoms in total. The number of hydrogen-bond donors (Lipinski definition) is 3. The summed E-state index contributed by atoms with van der Waals surface area (Å²) in [5.74, 6) is 0.525. The fourth-order valence-electron chi connectivity index (χ4n) is 3.62. The van der Waals surface area contributed by atoms with E-state index in [1.807, 2.05) is 25.1 Å². The molecule has 0 bridgehead atoms. The molecule has 5 rings (SSSR count). The fraction of sp³-hybridized carbons (Fsp3) is 0.263. The normalized spacial score (nSPS) is 19.4. The number of aryl methyl sites for hydroxylation is 1. The molecule has 0 saturated heterocycles. The van der Waals surface area contributed by atoms with Crippen LogP contribution in [0.2, 0.25) is 5.02 Å². The fourth-order valence-corrected chi connectivity index (χ4v) is 3.81. The molecule has 142 valence electrons. The van der Waals surface area contributed by atoms with Crippen LogP contribution < -0.4 is 10.6 Å². The Balaban J connectivity index is 1.52. The number of nitrogens with one attached hydrogen (secondary N) is 3. The van der Waals surface area contributed by atoms with Crippen LogP contribution in [-0.2, 0) is 4.79 Å². The van der Waals surface area contributed by atoms with Crippen molar-refractivity contribution in [2.24, 2.45) is 4.99 Å². The molecule has 0 fully saturated rings. The third kappa shape index (κ3) is 2.86. The summed E-state index contributed by atoms with van der Waals surface area (Å²) in [6.07, 6.45) is 3.57. The summed E-state index contributed by atoms with van der Waals surface area (Å²) in [7, 11) is 0. The number of aromatic amines is 1. The summed E-state index contributed by atoms with van der Waals surface area (Å²) < 4.78 is 5.76. The third-order valence-electron chi connectivity index (χ3n) is 4.92. The second kappa shape index (κ2) is 6.49. The molecule has 1 unspecified atom stereocenters. The van der Waals surface area contributed by atoms with Crippen molar-refractivity contribution in [1.82, 2.24) is 20.5 Å². The van der Waals surface area contributed by atoms with Gasteiger partial charge < -0.3 is 9.73 Å². The van der Waals surface area contributed by atoms with Gasteiger partial charge in [0.1, 0.15) is 11.6 Å². The number of carbonyl (C=O) groups excluding carboxylic acids is 1. The molecular weight excluding hydrogens is 380 g/mol. The molecule has 3 N–H and O–H groups in total. The first-order chi connectivity index (χ1) is 13.6. The Bertz CT molecular complexity index is 1160. The second-order valence-electron chi connectivity index (χ2n) is 6.92. The number of benzene rings is 1. The van der Waals surface area contributed by atoms with Crippen LogP contribution in [0.25, 0.3) is 11.1 Å². The van der Waals surface area contributed by atoms with Crippen molar-refractivity contribution in [2.75, 3.05) is 5.32 Å². The molecule has 0 spiro atoms. The zero-order valence-corrected chi connectivity index (χ0v) is 15.8. The molecule has 2 aromatic heterocycles. The van der Waals surface area contributed by atoms with Crippen LogP contribution in [0.3, 0.4) is 0 Å². The number of rotatable bonds is 2.